The summed E-state index contributed by atoms with van der Waals surface area (Å²) in [5.41, 5.74) is 0. The standard InChI is InChI=1S/C15H28N2O3/c1-2-3-5-12-7-9-13(10-8-12)17-15(20)16-11-4-6-14(18)19/h12-13H,2-11H2,1H3,(H,18,19)(H2,16,17,20). The first kappa shape index (κ1) is 16.8. The van der Waals surface area contributed by atoms with Crippen molar-refractivity contribution in [3.63, 3.8) is 0 Å². The lowest BCUT2D eigenvalue weighted by molar-refractivity contribution is -0.137. The first-order valence-corrected chi connectivity index (χ1v) is 7.88. The van der Waals surface area contributed by atoms with Crippen LogP contribution in [0.5, 0.6) is 0 Å². The van der Waals surface area contributed by atoms with Crippen molar-refractivity contribution < 1.29 is 14.7 Å². The number of carboxylic acid groups (broad SMARTS) is 1. The zero-order valence-corrected chi connectivity index (χ0v) is 12.5. The second-order valence-corrected chi connectivity index (χ2v) is 5.76. The fourth-order valence-electron chi connectivity index (χ4n) is 2.77. The van der Waals surface area contributed by atoms with Gasteiger partial charge >= 0.3 is 12.0 Å². The Morgan fingerprint density at radius 2 is 1.85 bits per heavy atom. The number of aliphatic carboxylic acids is 1. The van der Waals surface area contributed by atoms with Crippen LogP contribution in [0.25, 0.3) is 0 Å². The van der Waals surface area contributed by atoms with Crippen molar-refractivity contribution in [2.24, 2.45) is 5.92 Å². The molecule has 0 atom stereocenters. The smallest absolute Gasteiger partial charge is 0.315 e. The molecule has 0 aliphatic heterocycles. The summed E-state index contributed by atoms with van der Waals surface area (Å²) in [5.74, 6) is 0.0178. The number of hydrogen-bond acceptors (Lipinski definition) is 2. The number of nitrogens with one attached hydrogen (secondary N) is 2. The first-order chi connectivity index (χ1) is 9.61. The molecule has 1 aliphatic carbocycles. The van der Waals surface area contributed by atoms with Gasteiger partial charge in [0.15, 0.2) is 0 Å². The minimum atomic E-state index is -0.822. The normalized spacial score (nSPS) is 22.2. The molecule has 0 unspecified atom stereocenters. The predicted octanol–water partition coefficient (Wildman–Crippen LogP) is 2.90. The van der Waals surface area contributed by atoms with E-state index in [-0.39, 0.29) is 18.5 Å². The van der Waals surface area contributed by atoms with Crippen LogP contribution in [0.1, 0.15) is 64.7 Å². The second kappa shape index (κ2) is 9.61. The van der Waals surface area contributed by atoms with E-state index in [1.807, 2.05) is 0 Å². The molecule has 1 aliphatic rings. The quantitative estimate of drug-likeness (QED) is 0.600. The third-order valence-electron chi connectivity index (χ3n) is 4.00. The highest BCUT2D eigenvalue weighted by Crippen LogP contribution is 2.28. The molecule has 1 rings (SSSR count). The number of carboxylic acids is 1. The van der Waals surface area contributed by atoms with Crippen LogP contribution in [-0.4, -0.2) is 29.7 Å². The highest BCUT2D eigenvalue weighted by Gasteiger charge is 2.21. The molecule has 116 valence electrons. The zero-order chi connectivity index (χ0) is 14.8. The minimum absolute atomic E-state index is 0.100. The van der Waals surface area contributed by atoms with Crippen LogP contribution in [0.4, 0.5) is 4.79 Å². The molecular weight excluding hydrogens is 256 g/mol. The maximum absolute atomic E-state index is 11.6. The average Bonchev–Trinajstić information content (AvgIpc) is 2.43. The summed E-state index contributed by atoms with van der Waals surface area (Å²) in [7, 11) is 0. The van der Waals surface area contributed by atoms with Crippen LogP contribution in [0, 0.1) is 5.92 Å². The van der Waals surface area contributed by atoms with Gasteiger partial charge in [0.1, 0.15) is 0 Å². The average molecular weight is 284 g/mol. The second-order valence-electron chi connectivity index (χ2n) is 5.76. The molecule has 5 nitrogen and oxygen atoms in total. The largest absolute Gasteiger partial charge is 0.481 e. The Balaban J connectivity index is 2.07. The van der Waals surface area contributed by atoms with Gasteiger partial charge in [-0.3, -0.25) is 4.79 Å². The van der Waals surface area contributed by atoms with Crippen LogP contribution >= 0.6 is 0 Å². The summed E-state index contributed by atoms with van der Waals surface area (Å²) in [4.78, 5) is 22.0. The van der Waals surface area contributed by atoms with Crippen LogP contribution in [0.3, 0.4) is 0 Å². The van der Waals surface area contributed by atoms with Crippen molar-refractivity contribution in [3.8, 4) is 0 Å². The summed E-state index contributed by atoms with van der Waals surface area (Å²) >= 11 is 0. The summed E-state index contributed by atoms with van der Waals surface area (Å²) in [6.07, 6.45) is 9.03. The Morgan fingerprint density at radius 1 is 1.15 bits per heavy atom. The fourth-order valence-corrected chi connectivity index (χ4v) is 2.77. The number of rotatable bonds is 8. The van der Waals surface area contributed by atoms with Crippen LogP contribution in [0.15, 0.2) is 0 Å². The van der Waals surface area contributed by atoms with E-state index in [2.05, 4.69) is 17.6 Å². The van der Waals surface area contributed by atoms with Crippen molar-refractivity contribution in [3.05, 3.63) is 0 Å². The van der Waals surface area contributed by atoms with E-state index in [0.29, 0.717) is 13.0 Å². The van der Waals surface area contributed by atoms with Crippen molar-refractivity contribution >= 4 is 12.0 Å². The van der Waals surface area contributed by atoms with Crippen LogP contribution < -0.4 is 10.6 Å². The van der Waals surface area contributed by atoms with E-state index in [0.717, 1.165) is 18.8 Å². The van der Waals surface area contributed by atoms with Crippen molar-refractivity contribution in [1.29, 1.82) is 0 Å². The molecule has 0 aromatic carbocycles. The van der Waals surface area contributed by atoms with Gasteiger partial charge in [-0.05, 0) is 38.0 Å². The van der Waals surface area contributed by atoms with Gasteiger partial charge in [0, 0.05) is 19.0 Å². The third-order valence-corrected chi connectivity index (χ3v) is 4.00. The van der Waals surface area contributed by atoms with E-state index in [9.17, 15) is 9.59 Å². The van der Waals surface area contributed by atoms with Crippen LogP contribution in [-0.2, 0) is 4.79 Å². The van der Waals surface area contributed by atoms with E-state index in [4.69, 9.17) is 5.11 Å². The molecule has 1 saturated carbocycles. The van der Waals surface area contributed by atoms with Gasteiger partial charge in [0.05, 0.1) is 0 Å². The van der Waals surface area contributed by atoms with Crippen molar-refractivity contribution in [2.45, 2.75) is 70.8 Å². The number of hydrogen-bond donors (Lipinski definition) is 3. The molecule has 20 heavy (non-hydrogen) atoms. The lowest BCUT2D eigenvalue weighted by Gasteiger charge is -2.29. The van der Waals surface area contributed by atoms with E-state index >= 15 is 0 Å². The first-order valence-electron chi connectivity index (χ1n) is 7.88. The predicted molar refractivity (Wildman–Crippen MR) is 78.7 cm³/mol. The maximum atomic E-state index is 11.6. The van der Waals surface area contributed by atoms with E-state index in [1.54, 1.807) is 0 Å². The Morgan fingerprint density at radius 3 is 2.45 bits per heavy atom. The van der Waals surface area contributed by atoms with Gasteiger partial charge in [-0.1, -0.05) is 26.2 Å². The topological polar surface area (TPSA) is 78.4 Å². The van der Waals surface area contributed by atoms with Gasteiger partial charge in [-0.2, -0.15) is 0 Å². The summed E-state index contributed by atoms with van der Waals surface area (Å²) in [6.45, 7) is 2.64. The lowest BCUT2D eigenvalue weighted by atomic mass is 9.83. The summed E-state index contributed by atoms with van der Waals surface area (Å²) in [5, 5.41) is 14.2. The zero-order valence-electron chi connectivity index (χ0n) is 12.5. The van der Waals surface area contributed by atoms with Crippen molar-refractivity contribution in [1.82, 2.24) is 10.6 Å². The van der Waals surface area contributed by atoms with Gasteiger partial charge in [-0.25, -0.2) is 4.79 Å². The molecule has 1 fully saturated rings. The molecule has 5 heteroatoms. The molecule has 0 bridgehead atoms. The molecule has 0 aromatic rings. The third kappa shape index (κ3) is 7.36. The SMILES string of the molecule is CCCCC1CCC(NC(=O)NCCCC(=O)O)CC1. The molecule has 0 heterocycles. The van der Waals surface area contributed by atoms with Gasteiger partial charge in [-0.15, -0.1) is 0 Å². The number of amides is 2. The Labute approximate surface area is 121 Å². The molecule has 0 saturated heterocycles. The summed E-state index contributed by atoms with van der Waals surface area (Å²) < 4.78 is 0. The number of carbonyl (C=O) groups excluding carboxylic acids is 1. The van der Waals surface area contributed by atoms with Crippen molar-refractivity contribution in [2.75, 3.05) is 6.54 Å². The molecule has 3 N–H and O–H groups in total. The fraction of sp³-hybridized carbons (Fsp3) is 0.867. The summed E-state index contributed by atoms with van der Waals surface area (Å²) in [6, 6.07) is 0.125. The highest BCUT2D eigenvalue weighted by molar-refractivity contribution is 5.74. The Kier molecular flexibility index (Phi) is 8.07. The lowest BCUT2D eigenvalue weighted by Crippen LogP contribution is -2.43. The molecule has 2 amide bonds. The van der Waals surface area contributed by atoms with E-state index < -0.39 is 5.97 Å². The van der Waals surface area contributed by atoms with E-state index in [1.165, 1.54) is 32.1 Å². The molecule has 0 aromatic heterocycles. The van der Waals surface area contributed by atoms with Gasteiger partial charge in [0.25, 0.3) is 0 Å². The van der Waals surface area contributed by atoms with Gasteiger partial charge < -0.3 is 15.7 Å². The highest BCUT2D eigenvalue weighted by atomic mass is 16.4. The molecule has 0 spiro atoms. The monoisotopic (exact) mass is 284 g/mol. The number of urea groups is 1. The number of unbranched alkanes of at least 4 members (excludes halogenated alkanes) is 1. The minimum Gasteiger partial charge on any atom is -0.481 e. The Bertz CT molecular complexity index is 299. The molecular formula is C15H28N2O3. The Hall–Kier alpha value is -1.26. The van der Waals surface area contributed by atoms with Gasteiger partial charge in [0.2, 0.25) is 0 Å². The maximum Gasteiger partial charge on any atom is 0.315 e. The number of carbonyl (C=O) groups is 2. The van der Waals surface area contributed by atoms with Crippen LogP contribution in [0.2, 0.25) is 0 Å². The molecule has 0 radical (unpaired) electrons.